The minimum atomic E-state index is -1.01. The molecular weight excluding hydrogens is 256 g/mol. The molecule has 0 bridgehead atoms. The number of carboxylic acids is 1. The standard InChI is InChI=1S/C16H18O4/c1-3-11(2)12-4-6-13(7-5-12)20-10-15-14(16(17)18)8-9-19-15/h4-9,11H,3,10H2,1-2H3,(H,17,18). The highest BCUT2D eigenvalue weighted by Gasteiger charge is 2.13. The van der Waals surface area contributed by atoms with E-state index in [2.05, 4.69) is 13.8 Å². The van der Waals surface area contributed by atoms with Crippen molar-refractivity contribution in [3.8, 4) is 5.75 Å². The molecule has 2 aromatic rings. The quantitative estimate of drug-likeness (QED) is 0.862. The van der Waals surface area contributed by atoms with Gasteiger partial charge in [-0.2, -0.15) is 0 Å². The van der Waals surface area contributed by atoms with Gasteiger partial charge in [0.1, 0.15) is 17.9 Å². The molecule has 0 spiro atoms. The molecule has 106 valence electrons. The summed E-state index contributed by atoms with van der Waals surface area (Å²) in [6, 6.07) is 9.27. The predicted molar refractivity (Wildman–Crippen MR) is 75.1 cm³/mol. The van der Waals surface area contributed by atoms with E-state index in [1.807, 2.05) is 24.3 Å². The Balaban J connectivity index is 2.00. The van der Waals surface area contributed by atoms with Crippen molar-refractivity contribution in [2.45, 2.75) is 32.8 Å². The number of hydrogen-bond donors (Lipinski definition) is 1. The first-order valence-corrected chi connectivity index (χ1v) is 6.64. The van der Waals surface area contributed by atoms with Crippen LogP contribution in [0.5, 0.6) is 5.75 Å². The third kappa shape index (κ3) is 3.20. The summed E-state index contributed by atoms with van der Waals surface area (Å²) in [5, 5.41) is 8.96. The van der Waals surface area contributed by atoms with Crippen molar-refractivity contribution in [1.82, 2.24) is 0 Å². The Morgan fingerprint density at radius 2 is 2.00 bits per heavy atom. The van der Waals surface area contributed by atoms with E-state index in [0.29, 0.717) is 17.4 Å². The summed E-state index contributed by atoms with van der Waals surface area (Å²) in [5.74, 6) is 0.533. The van der Waals surface area contributed by atoms with E-state index in [1.54, 1.807) is 0 Å². The van der Waals surface area contributed by atoms with E-state index in [-0.39, 0.29) is 12.2 Å². The van der Waals surface area contributed by atoms with E-state index in [4.69, 9.17) is 14.3 Å². The first kappa shape index (κ1) is 14.2. The second-order valence-corrected chi connectivity index (χ2v) is 4.73. The number of hydrogen-bond acceptors (Lipinski definition) is 3. The number of furan rings is 1. The van der Waals surface area contributed by atoms with Crippen molar-refractivity contribution in [2.24, 2.45) is 0 Å². The van der Waals surface area contributed by atoms with E-state index in [0.717, 1.165) is 6.42 Å². The first-order chi connectivity index (χ1) is 9.61. The molecule has 4 heteroatoms. The van der Waals surface area contributed by atoms with Gasteiger partial charge in [-0.1, -0.05) is 26.0 Å². The molecule has 20 heavy (non-hydrogen) atoms. The molecule has 0 radical (unpaired) electrons. The van der Waals surface area contributed by atoms with Crippen molar-refractivity contribution in [3.63, 3.8) is 0 Å². The van der Waals surface area contributed by atoms with E-state index in [9.17, 15) is 4.79 Å². The molecule has 1 unspecified atom stereocenters. The molecule has 0 aliphatic rings. The number of aromatic carboxylic acids is 1. The third-order valence-electron chi connectivity index (χ3n) is 3.41. The summed E-state index contributed by atoms with van der Waals surface area (Å²) in [6.07, 6.45) is 2.45. The molecule has 1 N–H and O–H groups in total. The summed E-state index contributed by atoms with van der Waals surface area (Å²) in [7, 11) is 0. The summed E-state index contributed by atoms with van der Waals surface area (Å²) in [6.45, 7) is 4.44. The topological polar surface area (TPSA) is 59.7 Å². The summed E-state index contributed by atoms with van der Waals surface area (Å²) in [4.78, 5) is 10.9. The molecule has 0 aliphatic carbocycles. The van der Waals surface area contributed by atoms with Crippen molar-refractivity contribution >= 4 is 5.97 Å². The van der Waals surface area contributed by atoms with Crippen LogP contribution in [0.2, 0.25) is 0 Å². The Morgan fingerprint density at radius 3 is 2.60 bits per heavy atom. The zero-order valence-corrected chi connectivity index (χ0v) is 11.6. The van der Waals surface area contributed by atoms with E-state index >= 15 is 0 Å². The highest BCUT2D eigenvalue weighted by atomic mass is 16.5. The second-order valence-electron chi connectivity index (χ2n) is 4.73. The minimum Gasteiger partial charge on any atom is -0.486 e. The lowest BCUT2D eigenvalue weighted by Gasteiger charge is -2.10. The number of carboxylic acid groups (broad SMARTS) is 1. The highest BCUT2D eigenvalue weighted by Crippen LogP contribution is 2.22. The average molecular weight is 274 g/mol. The normalized spacial score (nSPS) is 12.1. The molecule has 0 saturated heterocycles. The second kappa shape index (κ2) is 6.28. The van der Waals surface area contributed by atoms with Crippen molar-refractivity contribution in [1.29, 1.82) is 0 Å². The molecular formula is C16H18O4. The van der Waals surface area contributed by atoms with Crippen LogP contribution in [0.4, 0.5) is 0 Å². The van der Waals surface area contributed by atoms with E-state index < -0.39 is 5.97 Å². The van der Waals surface area contributed by atoms with Crippen LogP contribution in [0, 0.1) is 0 Å². The Hall–Kier alpha value is -2.23. The van der Waals surface area contributed by atoms with Crippen LogP contribution in [0.25, 0.3) is 0 Å². The minimum absolute atomic E-state index is 0.108. The number of rotatable bonds is 6. The summed E-state index contributed by atoms with van der Waals surface area (Å²) in [5.41, 5.74) is 1.41. The number of carbonyl (C=O) groups is 1. The molecule has 1 aromatic carbocycles. The Bertz CT molecular complexity index is 568. The van der Waals surface area contributed by atoms with Gasteiger partial charge in [0.2, 0.25) is 0 Å². The largest absolute Gasteiger partial charge is 0.486 e. The molecule has 1 heterocycles. The lowest BCUT2D eigenvalue weighted by molar-refractivity contribution is 0.0692. The van der Waals surface area contributed by atoms with Gasteiger partial charge in [0.25, 0.3) is 0 Å². The highest BCUT2D eigenvalue weighted by molar-refractivity contribution is 5.88. The van der Waals surface area contributed by atoms with Gasteiger partial charge in [-0.3, -0.25) is 0 Å². The molecule has 0 fully saturated rings. The van der Waals surface area contributed by atoms with Crippen LogP contribution in [-0.4, -0.2) is 11.1 Å². The van der Waals surface area contributed by atoms with Gasteiger partial charge in [-0.05, 0) is 36.1 Å². The maximum atomic E-state index is 10.9. The van der Waals surface area contributed by atoms with Gasteiger partial charge in [0, 0.05) is 0 Å². The number of ether oxygens (including phenoxy) is 1. The molecule has 1 atom stereocenters. The smallest absolute Gasteiger partial charge is 0.339 e. The van der Waals surface area contributed by atoms with Crippen LogP contribution in [0.1, 0.15) is 47.9 Å². The fourth-order valence-electron chi connectivity index (χ4n) is 1.92. The maximum absolute atomic E-state index is 10.9. The van der Waals surface area contributed by atoms with Gasteiger partial charge in [-0.15, -0.1) is 0 Å². The van der Waals surface area contributed by atoms with Gasteiger partial charge in [0.05, 0.1) is 6.26 Å². The fourth-order valence-corrected chi connectivity index (χ4v) is 1.92. The molecule has 0 saturated carbocycles. The summed E-state index contributed by atoms with van der Waals surface area (Å²) < 4.78 is 10.7. The van der Waals surface area contributed by atoms with Gasteiger partial charge >= 0.3 is 5.97 Å². The Kier molecular flexibility index (Phi) is 4.45. The summed E-state index contributed by atoms with van der Waals surface area (Å²) >= 11 is 0. The van der Waals surface area contributed by atoms with Crippen molar-refractivity contribution in [2.75, 3.05) is 0 Å². The monoisotopic (exact) mass is 274 g/mol. The Morgan fingerprint density at radius 1 is 1.30 bits per heavy atom. The molecule has 0 amide bonds. The fraction of sp³-hybridized carbons (Fsp3) is 0.312. The molecule has 0 aliphatic heterocycles. The molecule has 4 nitrogen and oxygen atoms in total. The average Bonchev–Trinajstić information content (AvgIpc) is 2.93. The van der Waals surface area contributed by atoms with Gasteiger partial charge in [0.15, 0.2) is 5.76 Å². The predicted octanol–water partition coefficient (Wildman–Crippen LogP) is 4.07. The molecule has 2 rings (SSSR count). The van der Waals surface area contributed by atoms with Crippen LogP contribution in [0.3, 0.4) is 0 Å². The van der Waals surface area contributed by atoms with Gasteiger partial charge < -0.3 is 14.3 Å². The lowest BCUT2D eigenvalue weighted by atomic mass is 9.99. The lowest BCUT2D eigenvalue weighted by Crippen LogP contribution is -2.02. The third-order valence-corrected chi connectivity index (χ3v) is 3.41. The van der Waals surface area contributed by atoms with Gasteiger partial charge in [-0.25, -0.2) is 4.79 Å². The van der Waals surface area contributed by atoms with Crippen LogP contribution in [-0.2, 0) is 6.61 Å². The maximum Gasteiger partial charge on any atom is 0.339 e. The Labute approximate surface area is 118 Å². The van der Waals surface area contributed by atoms with Crippen molar-refractivity contribution in [3.05, 3.63) is 53.5 Å². The van der Waals surface area contributed by atoms with Crippen LogP contribution < -0.4 is 4.74 Å². The van der Waals surface area contributed by atoms with E-state index in [1.165, 1.54) is 17.9 Å². The molecule has 1 aromatic heterocycles. The van der Waals surface area contributed by atoms with Crippen LogP contribution >= 0.6 is 0 Å². The SMILES string of the molecule is CCC(C)c1ccc(OCc2occc2C(=O)O)cc1. The number of benzene rings is 1. The van der Waals surface area contributed by atoms with Crippen LogP contribution in [0.15, 0.2) is 41.0 Å². The van der Waals surface area contributed by atoms with Crippen molar-refractivity contribution < 1.29 is 19.1 Å². The zero-order chi connectivity index (χ0) is 14.5. The first-order valence-electron chi connectivity index (χ1n) is 6.64. The zero-order valence-electron chi connectivity index (χ0n) is 11.6.